The molecule has 0 atom stereocenters. The molecular formula is C31H30N2O3S. The highest BCUT2D eigenvalue weighted by molar-refractivity contribution is 7.15. The summed E-state index contributed by atoms with van der Waals surface area (Å²) in [6, 6.07) is 25.7. The van der Waals surface area contributed by atoms with Crippen LogP contribution < -0.4 is 19.6 Å². The lowest BCUT2D eigenvalue weighted by Gasteiger charge is -2.11. The summed E-state index contributed by atoms with van der Waals surface area (Å²) in [6.07, 6.45) is 6.49. The van der Waals surface area contributed by atoms with Crippen molar-refractivity contribution < 1.29 is 9.47 Å². The van der Waals surface area contributed by atoms with E-state index >= 15 is 0 Å². The van der Waals surface area contributed by atoms with Crippen molar-refractivity contribution >= 4 is 22.4 Å². The Morgan fingerprint density at radius 2 is 1.62 bits per heavy atom. The molecule has 188 valence electrons. The van der Waals surface area contributed by atoms with Crippen LogP contribution in [0.3, 0.4) is 0 Å². The lowest BCUT2D eigenvalue weighted by molar-refractivity contribution is 0.285. The van der Waals surface area contributed by atoms with Gasteiger partial charge < -0.3 is 9.47 Å². The van der Waals surface area contributed by atoms with Crippen molar-refractivity contribution in [3.63, 3.8) is 0 Å². The topological polar surface area (TPSA) is 52.8 Å². The van der Waals surface area contributed by atoms with Crippen molar-refractivity contribution in [2.45, 2.75) is 32.6 Å². The number of unbranched alkanes of at least 4 members (excludes halogenated alkanes) is 3. The second-order valence-corrected chi connectivity index (χ2v) is 9.90. The molecule has 0 saturated carbocycles. The van der Waals surface area contributed by atoms with Gasteiger partial charge in [0.05, 0.1) is 29.6 Å². The Labute approximate surface area is 220 Å². The first-order valence-electron chi connectivity index (χ1n) is 12.7. The number of fused-ring (bicyclic) bond motifs is 1. The minimum atomic E-state index is -0.0799. The van der Waals surface area contributed by atoms with Crippen LogP contribution in [0.15, 0.2) is 83.7 Å². The van der Waals surface area contributed by atoms with E-state index in [2.05, 4.69) is 6.92 Å². The fourth-order valence-electron chi connectivity index (χ4n) is 4.42. The number of benzene rings is 3. The molecule has 0 aliphatic rings. The number of hydrogen-bond donors (Lipinski definition) is 0. The standard InChI is InChI=1S/C31H30N2O3S/c1-3-4-5-12-19-36-25-18-17-22(20-26(25)35-2)21-27-30(34)33-29(24-15-10-7-11-16-24)28(32-31(33)37-27)23-13-8-6-9-14-23/h6-11,13-18,20-21H,3-5,12,19H2,1-2H3. The Kier molecular flexibility index (Phi) is 7.66. The molecule has 0 bridgehead atoms. The highest BCUT2D eigenvalue weighted by atomic mass is 32.1. The highest BCUT2D eigenvalue weighted by Crippen LogP contribution is 2.33. The molecule has 0 spiro atoms. The average molecular weight is 511 g/mol. The fraction of sp³-hybridized carbons (Fsp3) is 0.226. The largest absolute Gasteiger partial charge is 0.493 e. The van der Waals surface area contributed by atoms with E-state index < -0.39 is 0 Å². The third kappa shape index (κ3) is 5.30. The first-order valence-corrected chi connectivity index (χ1v) is 13.5. The second kappa shape index (κ2) is 11.4. The first-order chi connectivity index (χ1) is 18.2. The number of imidazole rings is 1. The Morgan fingerprint density at radius 1 is 0.892 bits per heavy atom. The average Bonchev–Trinajstić information content (AvgIpc) is 3.46. The molecule has 0 saturated heterocycles. The van der Waals surface area contributed by atoms with Gasteiger partial charge in [-0.1, -0.05) is 104 Å². The number of nitrogens with zero attached hydrogens (tertiary/aromatic N) is 2. The fourth-order valence-corrected chi connectivity index (χ4v) is 5.39. The SMILES string of the molecule is CCCCCCOc1ccc(C=c2sc3nc(-c4ccccc4)c(-c4ccccc4)n3c2=O)cc1OC. The molecule has 0 unspecified atom stereocenters. The number of ether oxygens (including phenoxy) is 2. The van der Waals surface area contributed by atoms with E-state index in [0.717, 1.165) is 46.7 Å². The van der Waals surface area contributed by atoms with Gasteiger partial charge in [-0.3, -0.25) is 4.79 Å². The molecule has 0 radical (unpaired) electrons. The molecule has 5 rings (SSSR count). The van der Waals surface area contributed by atoms with Gasteiger partial charge in [0.1, 0.15) is 0 Å². The first kappa shape index (κ1) is 24.8. The summed E-state index contributed by atoms with van der Waals surface area (Å²) in [4.78, 5) is 19.2. The van der Waals surface area contributed by atoms with E-state index in [4.69, 9.17) is 14.5 Å². The molecule has 0 aliphatic heterocycles. The van der Waals surface area contributed by atoms with Gasteiger partial charge in [-0.05, 0) is 30.2 Å². The molecule has 5 aromatic rings. The van der Waals surface area contributed by atoms with Gasteiger partial charge in [-0.2, -0.15) is 0 Å². The van der Waals surface area contributed by atoms with Crippen LogP contribution in [0.5, 0.6) is 11.5 Å². The van der Waals surface area contributed by atoms with Gasteiger partial charge in [0, 0.05) is 11.1 Å². The van der Waals surface area contributed by atoms with Crippen LogP contribution in [0.25, 0.3) is 33.6 Å². The Hall–Kier alpha value is -3.90. The summed E-state index contributed by atoms with van der Waals surface area (Å²) in [5, 5.41) is 0. The van der Waals surface area contributed by atoms with Crippen LogP contribution >= 0.6 is 11.3 Å². The Morgan fingerprint density at radius 3 is 2.32 bits per heavy atom. The van der Waals surface area contributed by atoms with E-state index in [1.54, 1.807) is 11.5 Å². The number of rotatable bonds is 10. The molecule has 37 heavy (non-hydrogen) atoms. The van der Waals surface area contributed by atoms with E-state index in [-0.39, 0.29) is 5.56 Å². The quantitative estimate of drug-likeness (QED) is 0.199. The lowest BCUT2D eigenvalue weighted by Crippen LogP contribution is -2.23. The third-order valence-electron chi connectivity index (χ3n) is 6.30. The number of aromatic nitrogens is 2. The van der Waals surface area contributed by atoms with Gasteiger partial charge >= 0.3 is 0 Å². The van der Waals surface area contributed by atoms with E-state index in [1.165, 1.54) is 24.2 Å². The third-order valence-corrected chi connectivity index (χ3v) is 7.27. The normalized spacial score (nSPS) is 11.8. The van der Waals surface area contributed by atoms with E-state index in [1.807, 2.05) is 84.9 Å². The molecule has 0 amide bonds. The van der Waals surface area contributed by atoms with Crippen molar-refractivity contribution in [3.8, 4) is 34.0 Å². The number of hydrogen-bond acceptors (Lipinski definition) is 5. The minimum Gasteiger partial charge on any atom is -0.493 e. The van der Waals surface area contributed by atoms with E-state index in [9.17, 15) is 4.79 Å². The maximum absolute atomic E-state index is 13.7. The molecule has 0 aliphatic carbocycles. The Balaban J connectivity index is 1.54. The van der Waals surface area contributed by atoms with Crippen LogP contribution in [0.1, 0.15) is 38.2 Å². The predicted molar refractivity (Wildman–Crippen MR) is 152 cm³/mol. The summed E-state index contributed by atoms with van der Waals surface area (Å²) in [6.45, 7) is 2.86. The zero-order valence-corrected chi connectivity index (χ0v) is 22.0. The minimum absolute atomic E-state index is 0.0799. The van der Waals surface area contributed by atoms with Crippen LogP contribution in [0.2, 0.25) is 0 Å². The monoisotopic (exact) mass is 510 g/mol. The zero-order valence-electron chi connectivity index (χ0n) is 21.1. The molecule has 2 aromatic heterocycles. The molecule has 6 heteroatoms. The maximum Gasteiger partial charge on any atom is 0.274 e. The van der Waals surface area contributed by atoms with Crippen LogP contribution in [-0.2, 0) is 0 Å². The van der Waals surface area contributed by atoms with Crippen molar-refractivity contribution in [2.75, 3.05) is 13.7 Å². The Bertz CT molecular complexity index is 1590. The second-order valence-electron chi connectivity index (χ2n) is 8.89. The van der Waals surface area contributed by atoms with Crippen molar-refractivity contribution in [3.05, 3.63) is 99.3 Å². The van der Waals surface area contributed by atoms with E-state index in [0.29, 0.717) is 21.8 Å². The van der Waals surface area contributed by atoms with Crippen LogP contribution in [0.4, 0.5) is 0 Å². The summed E-state index contributed by atoms with van der Waals surface area (Å²) < 4.78 is 13.9. The van der Waals surface area contributed by atoms with Crippen molar-refractivity contribution in [1.29, 1.82) is 0 Å². The van der Waals surface area contributed by atoms with Crippen LogP contribution in [-0.4, -0.2) is 23.1 Å². The molecule has 2 heterocycles. The summed E-state index contributed by atoms with van der Waals surface area (Å²) in [5.41, 5.74) is 4.36. The van der Waals surface area contributed by atoms with Gasteiger partial charge in [-0.15, -0.1) is 0 Å². The molecule has 0 fully saturated rings. The predicted octanol–water partition coefficient (Wildman–Crippen LogP) is 6.61. The number of methoxy groups -OCH3 is 1. The van der Waals surface area contributed by atoms with Crippen molar-refractivity contribution in [2.24, 2.45) is 0 Å². The zero-order chi connectivity index (χ0) is 25.6. The number of thiazole rings is 1. The highest BCUT2D eigenvalue weighted by Gasteiger charge is 2.20. The van der Waals surface area contributed by atoms with Crippen molar-refractivity contribution in [1.82, 2.24) is 9.38 Å². The van der Waals surface area contributed by atoms with Gasteiger partial charge in [0.15, 0.2) is 16.5 Å². The lowest BCUT2D eigenvalue weighted by atomic mass is 10.1. The summed E-state index contributed by atoms with van der Waals surface area (Å²) >= 11 is 1.39. The van der Waals surface area contributed by atoms with Gasteiger partial charge in [0.25, 0.3) is 5.56 Å². The molecule has 3 aromatic carbocycles. The smallest absolute Gasteiger partial charge is 0.274 e. The van der Waals surface area contributed by atoms with Gasteiger partial charge in [-0.25, -0.2) is 9.38 Å². The summed E-state index contributed by atoms with van der Waals surface area (Å²) in [5.74, 6) is 1.38. The maximum atomic E-state index is 13.7. The molecule has 5 nitrogen and oxygen atoms in total. The van der Waals surface area contributed by atoms with Gasteiger partial charge in [0.2, 0.25) is 0 Å². The summed E-state index contributed by atoms with van der Waals surface area (Å²) in [7, 11) is 1.64. The molecular weight excluding hydrogens is 480 g/mol. The van der Waals surface area contributed by atoms with Crippen LogP contribution in [0, 0.1) is 0 Å². The molecule has 0 N–H and O–H groups in total.